The van der Waals surface area contributed by atoms with Gasteiger partial charge < -0.3 is 10.1 Å². The second-order valence-electron chi connectivity index (χ2n) is 8.69. The Labute approximate surface area is 228 Å². The zero-order valence-electron chi connectivity index (χ0n) is 19.8. The maximum absolute atomic E-state index is 13.4. The topological polar surface area (TPSA) is 50.7 Å². The molecule has 4 nitrogen and oxygen atoms in total. The Hall–Kier alpha value is -3.19. The van der Waals surface area contributed by atoms with E-state index in [0.29, 0.717) is 31.9 Å². The summed E-state index contributed by atoms with van der Waals surface area (Å²) in [5, 5.41) is 4.42. The van der Waals surface area contributed by atoms with Gasteiger partial charge in [0.2, 0.25) is 0 Å². The molecule has 1 N–H and O–H groups in total. The molecule has 1 aliphatic rings. The van der Waals surface area contributed by atoms with Crippen molar-refractivity contribution in [3.63, 3.8) is 0 Å². The number of benzene rings is 3. The average Bonchev–Trinajstić information content (AvgIpc) is 3.27. The van der Waals surface area contributed by atoms with Gasteiger partial charge >= 0.3 is 0 Å². The summed E-state index contributed by atoms with van der Waals surface area (Å²) in [4.78, 5) is 19.3. The molecule has 5 rings (SSSR count). The van der Waals surface area contributed by atoms with E-state index in [9.17, 15) is 9.18 Å². The Morgan fingerprint density at radius 2 is 1.81 bits per heavy atom. The first-order chi connectivity index (χ1) is 18.0. The third kappa shape index (κ3) is 6.04. The van der Waals surface area contributed by atoms with Gasteiger partial charge in [0, 0.05) is 27.4 Å². The van der Waals surface area contributed by atoms with E-state index in [-0.39, 0.29) is 18.3 Å². The molecule has 4 aromatic rings. The van der Waals surface area contributed by atoms with Crippen molar-refractivity contribution >= 4 is 57.3 Å². The predicted molar refractivity (Wildman–Crippen MR) is 150 cm³/mol. The largest absolute Gasteiger partial charge is 0.487 e. The van der Waals surface area contributed by atoms with Gasteiger partial charge in [-0.3, -0.25) is 4.79 Å². The number of nitrogens with one attached hydrogen (secondary N) is 1. The lowest BCUT2D eigenvalue weighted by Crippen LogP contribution is -2.14. The number of rotatable bonds is 7. The molecule has 1 aromatic heterocycles. The first-order valence-electron chi connectivity index (χ1n) is 11.9. The van der Waals surface area contributed by atoms with E-state index in [0.717, 1.165) is 42.5 Å². The minimum absolute atomic E-state index is 0.172. The molecule has 0 bridgehead atoms. The average molecular weight is 553 g/mol. The Morgan fingerprint density at radius 1 is 1.05 bits per heavy atom. The van der Waals surface area contributed by atoms with E-state index in [4.69, 9.17) is 32.9 Å². The number of aliphatic imine (C=N–C) groups is 1. The van der Waals surface area contributed by atoms with Crippen molar-refractivity contribution in [3.8, 4) is 5.75 Å². The zero-order valence-corrected chi connectivity index (χ0v) is 22.1. The smallest absolute Gasteiger partial charge is 0.259 e. The number of para-hydroxylation sites is 1. The lowest BCUT2D eigenvalue weighted by atomic mass is 9.95. The van der Waals surface area contributed by atoms with E-state index in [2.05, 4.69) is 5.32 Å². The minimum Gasteiger partial charge on any atom is -0.487 e. The molecule has 0 atom stereocenters. The number of hydrogen-bond donors (Lipinski definition) is 1. The number of hydrogen-bond acceptors (Lipinski definition) is 4. The van der Waals surface area contributed by atoms with Crippen LogP contribution in [0.5, 0.6) is 5.75 Å². The number of amides is 1. The molecule has 1 aliphatic carbocycles. The normalized spacial score (nSPS) is 12.9. The third-order valence-electron chi connectivity index (χ3n) is 6.07. The summed E-state index contributed by atoms with van der Waals surface area (Å²) in [7, 11) is 0. The van der Waals surface area contributed by atoms with E-state index in [1.165, 1.54) is 17.0 Å². The van der Waals surface area contributed by atoms with Gasteiger partial charge in [-0.15, -0.1) is 11.3 Å². The Balaban J connectivity index is 1.46. The second kappa shape index (κ2) is 11.5. The number of nitrogens with zero attached hydrogens (tertiary/aromatic N) is 1. The van der Waals surface area contributed by atoms with Crippen molar-refractivity contribution < 1.29 is 13.9 Å². The van der Waals surface area contributed by atoms with Crippen molar-refractivity contribution in [3.05, 3.63) is 110 Å². The molecular weight excluding hydrogens is 530 g/mol. The van der Waals surface area contributed by atoms with E-state index in [1.54, 1.807) is 41.8 Å². The van der Waals surface area contributed by atoms with Crippen molar-refractivity contribution in [1.29, 1.82) is 0 Å². The van der Waals surface area contributed by atoms with Crippen LogP contribution in [0.1, 0.15) is 44.8 Å². The standard InChI is InChI=1S/C29H23Cl2FN2O2S/c30-20-14-19(27(24(31)15-20)36-17-18-10-12-21(32)13-11-18)16-33-29-26(23-8-4-5-9-25(23)37-29)28(35)34-22-6-2-1-3-7-22/h1-3,6-7,10-16H,4-5,8-9,17H2,(H,34,35). The summed E-state index contributed by atoms with van der Waals surface area (Å²) in [6.07, 6.45) is 5.57. The van der Waals surface area contributed by atoms with Crippen molar-refractivity contribution in [2.24, 2.45) is 4.99 Å². The molecule has 37 heavy (non-hydrogen) atoms. The predicted octanol–water partition coefficient (Wildman–Crippen LogP) is 8.65. The number of aryl methyl sites for hydroxylation is 1. The molecule has 1 heterocycles. The Bertz CT molecular complexity index is 1450. The van der Waals surface area contributed by atoms with Gasteiger partial charge in [-0.05, 0) is 73.2 Å². The van der Waals surface area contributed by atoms with Crippen molar-refractivity contribution in [2.75, 3.05) is 5.32 Å². The number of carbonyl (C=O) groups is 1. The fraction of sp³-hybridized carbons (Fsp3) is 0.172. The Morgan fingerprint density at radius 3 is 2.59 bits per heavy atom. The quantitative estimate of drug-likeness (QED) is 0.233. The van der Waals surface area contributed by atoms with Crippen LogP contribution < -0.4 is 10.1 Å². The fourth-order valence-corrected chi connectivity index (χ4v) is 6.08. The summed E-state index contributed by atoms with van der Waals surface area (Å²) in [5.41, 5.74) is 3.80. The summed E-state index contributed by atoms with van der Waals surface area (Å²) >= 11 is 14.3. The summed E-state index contributed by atoms with van der Waals surface area (Å²) in [6.45, 7) is 0.195. The first-order valence-corrected chi connectivity index (χ1v) is 13.5. The highest BCUT2D eigenvalue weighted by Crippen LogP contribution is 2.41. The van der Waals surface area contributed by atoms with Crippen LogP contribution in [-0.4, -0.2) is 12.1 Å². The minimum atomic E-state index is -0.313. The Kier molecular flexibility index (Phi) is 7.89. The van der Waals surface area contributed by atoms with Gasteiger partial charge in [0.25, 0.3) is 5.91 Å². The van der Waals surface area contributed by atoms with Crippen LogP contribution in [0.2, 0.25) is 10.0 Å². The number of fused-ring (bicyclic) bond motifs is 1. The van der Waals surface area contributed by atoms with Crippen LogP contribution in [0, 0.1) is 5.82 Å². The van der Waals surface area contributed by atoms with E-state index >= 15 is 0 Å². The lowest BCUT2D eigenvalue weighted by molar-refractivity contribution is 0.102. The molecule has 0 unspecified atom stereocenters. The van der Waals surface area contributed by atoms with Crippen LogP contribution in [-0.2, 0) is 19.4 Å². The molecule has 3 aromatic carbocycles. The van der Waals surface area contributed by atoms with Gasteiger partial charge in [0.05, 0.1) is 10.6 Å². The van der Waals surface area contributed by atoms with Crippen LogP contribution in [0.15, 0.2) is 71.7 Å². The molecule has 0 saturated carbocycles. The highest BCUT2D eigenvalue weighted by atomic mass is 35.5. The SMILES string of the molecule is O=C(Nc1ccccc1)c1c(N=Cc2cc(Cl)cc(Cl)c2OCc2ccc(F)cc2)sc2c1CCCC2. The molecule has 188 valence electrons. The van der Waals surface area contributed by atoms with Crippen molar-refractivity contribution in [2.45, 2.75) is 32.3 Å². The molecule has 1 amide bonds. The third-order valence-corrected chi connectivity index (χ3v) is 7.76. The molecule has 8 heteroatoms. The van der Waals surface area contributed by atoms with Crippen molar-refractivity contribution in [1.82, 2.24) is 0 Å². The highest BCUT2D eigenvalue weighted by Gasteiger charge is 2.25. The van der Waals surface area contributed by atoms with Crippen LogP contribution in [0.4, 0.5) is 15.1 Å². The van der Waals surface area contributed by atoms with E-state index < -0.39 is 0 Å². The molecule has 0 saturated heterocycles. The number of carbonyl (C=O) groups excluding carboxylic acids is 1. The molecule has 0 fully saturated rings. The summed E-state index contributed by atoms with van der Waals surface area (Å²) in [6, 6.07) is 18.8. The molecule has 0 radical (unpaired) electrons. The zero-order chi connectivity index (χ0) is 25.8. The van der Waals surface area contributed by atoms with E-state index in [1.807, 2.05) is 30.3 Å². The summed E-state index contributed by atoms with van der Waals surface area (Å²) in [5.74, 6) is -0.0720. The van der Waals surface area contributed by atoms with Crippen LogP contribution in [0.25, 0.3) is 0 Å². The van der Waals surface area contributed by atoms with Crippen LogP contribution in [0.3, 0.4) is 0 Å². The number of halogens is 3. The monoisotopic (exact) mass is 552 g/mol. The van der Waals surface area contributed by atoms with Gasteiger partial charge in [-0.25, -0.2) is 9.38 Å². The van der Waals surface area contributed by atoms with Crippen LogP contribution >= 0.6 is 34.5 Å². The first kappa shape index (κ1) is 25.5. The lowest BCUT2D eigenvalue weighted by Gasteiger charge is -2.13. The number of thiophene rings is 1. The second-order valence-corrected chi connectivity index (χ2v) is 10.6. The van der Waals surface area contributed by atoms with Gasteiger partial charge in [0.1, 0.15) is 23.2 Å². The van der Waals surface area contributed by atoms with Gasteiger partial charge in [0.15, 0.2) is 0 Å². The van der Waals surface area contributed by atoms with Gasteiger partial charge in [-0.2, -0.15) is 0 Å². The molecule has 0 aliphatic heterocycles. The molecule has 0 spiro atoms. The van der Waals surface area contributed by atoms with Gasteiger partial charge in [-0.1, -0.05) is 53.5 Å². The number of anilines is 1. The maximum Gasteiger partial charge on any atom is 0.259 e. The molecular formula is C29H23Cl2FN2O2S. The summed E-state index contributed by atoms with van der Waals surface area (Å²) < 4.78 is 19.3. The fourth-order valence-electron chi connectivity index (χ4n) is 4.28. The highest BCUT2D eigenvalue weighted by molar-refractivity contribution is 7.16. The number of ether oxygens (including phenoxy) is 1. The maximum atomic E-state index is 13.4.